The van der Waals surface area contributed by atoms with Crippen LogP contribution in [0.15, 0.2) is 53.4 Å². The number of methoxy groups -OCH3 is 1. The van der Waals surface area contributed by atoms with E-state index in [9.17, 15) is 23.3 Å². The fourth-order valence-corrected chi connectivity index (χ4v) is 4.43. The first kappa shape index (κ1) is 19.8. The highest BCUT2D eigenvalue weighted by Crippen LogP contribution is 2.23. The number of rotatable bonds is 5. The van der Waals surface area contributed by atoms with Gasteiger partial charge in [-0.3, -0.25) is 14.9 Å². The molecular weight excluding hydrogens is 386 g/mol. The molecule has 9 nitrogen and oxygen atoms in total. The average molecular weight is 405 g/mol. The highest BCUT2D eigenvalue weighted by molar-refractivity contribution is 7.89. The average Bonchev–Trinajstić information content (AvgIpc) is 2.73. The second kappa shape index (κ2) is 7.95. The topological polar surface area (TPSA) is 110 Å². The molecule has 1 heterocycles. The van der Waals surface area contributed by atoms with Gasteiger partial charge in [0.2, 0.25) is 10.0 Å². The molecule has 0 N–H and O–H groups in total. The van der Waals surface area contributed by atoms with Crippen LogP contribution in [0.4, 0.5) is 5.69 Å². The molecule has 3 rings (SSSR count). The Labute approximate surface area is 162 Å². The van der Waals surface area contributed by atoms with Crippen LogP contribution in [0.1, 0.15) is 10.4 Å². The van der Waals surface area contributed by atoms with Crippen molar-refractivity contribution in [2.45, 2.75) is 4.90 Å². The van der Waals surface area contributed by atoms with Gasteiger partial charge in [-0.2, -0.15) is 4.31 Å². The van der Waals surface area contributed by atoms with Gasteiger partial charge in [0.05, 0.1) is 22.5 Å². The van der Waals surface area contributed by atoms with Crippen molar-refractivity contribution in [1.82, 2.24) is 9.21 Å². The van der Waals surface area contributed by atoms with E-state index >= 15 is 0 Å². The molecule has 2 aromatic rings. The van der Waals surface area contributed by atoms with E-state index in [4.69, 9.17) is 4.74 Å². The summed E-state index contributed by atoms with van der Waals surface area (Å²) < 4.78 is 32.0. The molecule has 1 fully saturated rings. The third-order valence-corrected chi connectivity index (χ3v) is 6.46. The number of nitro groups is 1. The third kappa shape index (κ3) is 3.82. The predicted octanol–water partition coefficient (Wildman–Crippen LogP) is 1.75. The van der Waals surface area contributed by atoms with Crippen molar-refractivity contribution in [2.24, 2.45) is 0 Å². The molecule has 0 unspecified atom stereocenters. The number of carbonyl (C=O) groups is 1. The maximum atomic E-state index is 12.7. The lowest BCUT2D eigenvalue weighted by Crippen LogP contribution is -2.50. The molecule has 1 aliphatic rings. The SMILES string of the molecule is COc1ccccc1C(=O)N1CCN(S(=O)(=O)c2ccc([N+](=O)[O-])cc2)CC1. The second-order valence-corrected chi connectivity index (χ2v) is 8.09. The number of hydrogen-bond donors (Lipinski definition) is 0. The molecule has 0 aromatic heterocycles. The Bertz CT molecular complexity index is 983. The summed E-state index contributed by atoms with van der Waals surface area (Å²) in [5.41, 5.74) is 0.253. The van der Waals surface area contributed by atoms with Gasteiger partial charge in [0.25, 0.3) is 11.6 Å². The monoisotopic (exact) mass is 405 g/mol. The number of para-hydroxylation sites is 1. The molecule has 1 amide bonds. The first-order chi connectivity index (χ1) is 13.3. The fourth-order valence-electron chi connectivity index (χ4n) is 3.01. The number of benzene rings is 2. The van der Waals surface area contributed by atoms with Gasteiger partial charge in [-0.15, -0.1) is 0 Å². The Balaban J connectivity index is 1.70. The number of ether oxygens (including phenoxy) is 1. The van der Waals surface area contributed by atoms with Crippen LogP contribution in [-0.4, -0.2) is 61.7 Å². The number of nitrogens with zero attached hydrogens (tertiary/aromatic N) is 3. The molecule has 0 aliphatic carbocycles. The fraction of sp³-hybridized carbons (Fsp3) is 0.278. The molecule has 1 aliphatic heterocycles. The zero-order chi connectivity index (χ0) is 20.3. The van der Waals surface area contributed by atoms with Crippen LogP contribution < -0.4 is 4.74 Å². The van der Waals surface area contributed by atoms with E-state index < -0.39 is 14.9 Å². The molecule has 0 radical (unpaired) electrons. The number of piperazine rings is 1. The minimum atomic E-state index is -3.78. The van der Waals surface area contributed by atoms with E-state index in [1.54, 1.807) is 29.2 Å². The lowest BCUT2D eigenvalue weighted by molar-refractivity contribution is -0.384. The number of carbonyl (C=O) groups excluding carboxylic acids is 1. The highest BCUT2D eigenvalue weighted by Gasteiger charge is 2.31. The highest BCUT2D eigenvalue weighted by atomic mass is 32.2. The largest absolute Gasteiger partial charge is 0.496 e. The van der Waals surface area contributed by atoms with Crippen molar-refractivity contribution in [2.75, 3.05) is 33.3 Å². The number of nitro benzene ring substituents is 1. The number of non-ortho nitro benzene ring substituents is 1. The Morgan fingerprint density at radius 1 is 1.04 bits per heavy atom. The van der Waals surface area contributed by atoms with Gasteiger partial charge in [0, 0.05) is 38.3 Å². The van der Waals surface area contributed by atoms with Crippen LogP contribution in [-0.2, 0) is 10.0 Å². The van der Waals surface area contributed by atoms with Crippen LogP contribution in [0.3, 0.4) is 0 Å². The minimum absolute atomic E-state index is 0.0115. The minimum Gasteiger partial charge on any atom is -0.496 e. The molecule has 28 heavy (non-hydrogen) atoms. The van der Waals surface area contributed by atoms with Crippen molar-refractivity contribution in [3.63, 3.8) is 0 Å². The first-order valence-electron chi connectivity index (χ1n) is 8.51. The Hall–Kier alpha value is -2.98. The van der Waals surface area contributed by atoms with E-state index in [0.717, 1.165) is 12.1 Å². The summed E-state index contributed by atoms with van der Waals surface area (Å²) in [6, 6.07) is 11.6. The zero-order valence-electron chi connectivity index (χ0n) is 15.1. The van der Waals surface area contributed by atoms with E-state index in [1.807, 2.05) is 0 Å². The van der Waals surface area contributed by atoms with Gasteiger partial charge >= 0.3 is 0 Å². The summed E-state index contributed by atoms with van der Waals surface area (Å²) in [4.78, 5) is 24.4. The molecule has 2 aromatic carbocycles. The number of hydrogen-bond acceptors (Lipinski definition) is 6. The van der Waals surface area contributed by atoms with Crippen LogP contribution in [0.25, 0.3) is 0 Å². The summed E-state index contributed by atoms with van der Waals surface area (Å²) in [5, 5.41) is 10.7. The summed E-state index contributed by atoms with van der Waals surface area (Å²) in [5.74, 6) is 0.248. The predicted molar refractivity (Wildman–Crippen MR) is 101 cm³/mol. The molecule has 148 valence electrons. The first-order valence-corrected chi connectivity index (χ1v) is 9.95. The van der Waals surface area contributed by atoms with Gasteiger partial charge in [-0.1, -0.05) is 12.1 Å². The Kier molecular flexibility index (Phi) is 5.61. The van der Waals surface area contributed by atoms with Crippen LogP contribution >= 0.6 is 0 Å². The van der Waals surface area contributed by atoms with E-state index in [1.165, 1.54) is 23.5 Å². The smallest absolute Gasteiger partial charge is 0.269 e. The van der Waals surface area contributed by atoms with Crippen LogP contribution in [0, 0.1) is 10.1 Å². The quantitative estimate of drug-likeness (QED) is 0.554. The maximum Gasteiger partial charge on any atom is 0.269 e. The van der Waals surface area contributed by atoms with Gasteiger partial charge in [-0.25, -0.2) is 8.42 Å². The summed E-state index contributed by atoms with van der Waals surface area (Å²) in [7, 11) is -2.30. The van der Waals surface area contributed by atoms with Crippen LogP contribution in [0.2, 0.25) is 0 Å². The number of sulfonamides is 1. The summed E-state index contributed by atoms with van der Waals surface area (Å²) >= 11 is 0. The Morgan fingerprint density at radius 3 is 2.21 bits per heavy atom. The Morgan fingerprint density at radius 2 is 1.64 bits per heavy atom. The molecule has 0 bridgehead atoms. The van der Waals surface area contributed by atoms with Crippen molar-refractivity contribution < 1.29 is 22.9 Å². The molecule has 0 atom stereocenters. The van der Waals surface area contributed by atoms with Gasteiger partial charge in [0.15, 0.2) is 0 Å². The van der Waals surface area contributed by atoms with Crippen molar-refractivity contribution in [1.29, 1.82) is 0 Å². The van der Waals surface area contributed by atoms with Gasteiger partial charge in [-0.05, 0) is 24.3 Å². The molecule has 0 saturated carbocycles. The lowest BCUT2D eigenvalue weighted by Gasteiger charge is -2.34. The lowest BCUT2D eigenvalue weighted by atomic mass is 10.1. The summed E-state index contributed by atoms with van der Waals surface area (Å²) in [6.45, 7) is 0.757. The van der Waals surface area contributed by atoms with E-state index in [2.05, 4.69) is 0 Å². The van der Waals surface area contributed by atoms with E-state index in [0.29, 0.717) is 11.3 Å². The molecule has 0 spiro atoms. The third-order valence-electron chi connectivity index (χ3n) is 4.55. The zero-order valence-corrected chi connectivity index (χ0v) is 16.0. The van der Waals surface area contributed by atoms with Crippen molar-refractivity contribution in [3.05, 3.63) is 64.2 Å². The van der Waals surface area contributed by atoms with Crippen molar-refractivity contribution in [3.8, 4) is 5.75 Å². The standard InChI is InChI=1S/C18H19N3O6S/c1-27-17-5-3-2-4-16(17)18(22)19-10-12-20(13-11-19)28(25,26)15-8-6-14(7-9-15)21(23)24/h2-9H,10-13H2,1H3. The van der Waals surface area contributed by atoms with Gasteiger partial charge < -0.3 is 9.64 Å². The molecule has 1 saturated heterocycles. The molecule has 10 heteroatoms. The van der Waals surface area contributed by atoms with Crippen LogP contribution in [0.5, 0.6) is 5.75 Å². The molecular formula is C18H19N3O6S. The van der Waals surface area contributed by atoms with Gasteiger partial charge in [0.1, 0.15) is 5.75 Å². The summed E-state index contributed by atoms with van der Waals surface area (Å²) in [6.07, 6.45) is 0. The van der Waals surface area contributed by atoms with Crippen molar-refractivity contribution >= 4 is 21.6 Å². The second-order valence-electron chi connectivity index (χ2n) is 6.15. The normalized spacial score (nSPS) is 15.2. The maximum absolute atomic E-state index is 12.7. The number of amides is 1. The van der Waals surface area contributed by atoms with E-state index in [-0.39, 0.29) is 42.7 Å².